The topological polar surface area (TPSA) is 75.9 Å². The largest absolute Gasteiger partial charge is 0.323 e. The Hall–Kier alpha value is -2.42. The highest BCUT2D eigenvalue weighted by Crippen LogP contribution is 2.24. The lowest BCUT2D eigenvalue weighted by molar-refractivity contribution is -0.113. The van der Waals surface area contributed by atoms with Gasteiger partial charge >= 0.3 is 0 Å². The maximum absolute atomic E-state index is 12.4. The fourth-order valence-electron chi connectivity index (χ4n) is 3.27. The first-order valence-electron chi connectivity index (χ1n) is 9.46. The molecule has 0 bridgehead atoms. The van der Waals surface area contributed by atoms with Crippen LogP contribution in [-0.4, -0.2) is 49.4 Å². The Morgan fingerprint density at radius 1 is 1.10 bits per heavy atom. The molecule has 7 nitrogen and oxygen atoms in total. The predicted octanol–water partition coefficient (Wildman–Crippen LogP) is 3.64. The van der Waals surface area contributed by atoms with Gasteiger partial charge in [0.05, 0.1) is 18.0 Å². The van der Waals surface area contributed by atoms with Crippen LogP contribution in [0.25, 0.3) is 5.69 Å². The van der Waals surface area contributed by atoms with E-state index in [1.54, 1.807) is 18.3 Å². The van der Waals surface area contributed by atoms with Gasteiger partial charge in [-0.2, -0.15) is 0 Å². The van der Waals surface area contributed by atoms with E-state index in [0.29, 0.717) is 10.8 Å². The van der Waals surface area contributed by atoms with Crippen LogP contribution in [0, 0.1) is 0 Å². The Kier molecular flexibility index (Phi) is 6.43. The van der Waals surface area contributed by atoms with Crippen molar-refractivity contribution in [2.24, 2.45) is 0 Å². The quantitative estimate of drug-likeness (QED) is 0.457. The van der Waals surface area contributed by atoms with Crippen molar-refractivity contribution in [2.75, 3.05) is 24.2 Å². The van der Waals surface area contributed by atoms with Crippen molar-refractivity contribution in [2.45, 2.75) is 24.5 Å². The molecule has 1 aliphatic rings. The Labute approximate surface area is 178 Å². The number of hydrogen-bond acceptors (Lipinski definition) is 6. The first-order valence-corrected chi connectivity index (χ1v) is 10.8. The third kappa shape index (κ3) is 4.95. The lowest BCUT2D eigenvalue weighted by Crippen LogP contribution is -2.21. The number of rotatable bonds is 7. The van der Waals surface area contributed by atoms with Gasteiger partial charge in [0, 0.05) is 11.9 Å². The van der Waals surface area contributed by atoms with Gasteiger partial charge in [-0.25, -0.2) is 4.98 Å². The van der Waals surface area contributed by atoms with Crippen LogP contribution in [0.15, 0.2) is 53.8 Å². The van der Waals surface area contributed by atoms with E-state index >= 15 is 0 Å². The van der Waals surface area contributed by atoms with Crippen LogP contribution in [0.4, 0.5) is 5.69 Å². The van der Waals surface area contributed by atoms with Crippen LogP contribution in [0.2, 0.25) is 5.15 Å². The molecule has 0 spiro atoms. The van der Waals surface area contributed by atoms with Crippen molar-refractivity contribution in [1.82, 2.24) is 24.6 Å². The number of halogens is 1. The normalized spacial score (nSPS) is 14.2. The number of amides is 1. The first-order chi connectivity index (χ1) is 14.2. The van der Waals surface area contributed by atoms with Crippen molar-refractivity contribution in [1.29, 1.82) is 0 Å². The molecule has 0 unspecified atom stereocenters. The summed E-state index contributed by atoms with van der Waals surface area (Å²) in [6, 6.07) is 13.4. The fraction of sp³-hybridized carbons (Fsp3) is 0.300. The summed E-state index contributed by atoms with van der Waals surface area (Å²) in [4.78, 5) is 18.7. The van der Waals surface area contributed by atoms with E-state index < -0.39 is 0 Å². The van der Waals surface area contributed by atoms with E-state index in [1.165, 1.54) is 24.6 Å². The van der Waals surface area contributed by atoms with Gasteiger partial charge in [-0.05, 0) is 50.2 Å². The molecule has 1 N–H and O–H groups in total. The number of likely N-dealkylation sites (tertiary alicyclic amines) is 1. The molecule has 150 valence electrons. The number of aromatic nitrogens is 4. The second-order valence-corrected chi connectivity index (χ2v) is 8.03. The zero-order valence-corrected chi connectivity index (χ0v) is 17.4. The standard InChI is InChI=1S/C20H21ClN6OS/c21-19-16(9-6-10-22-19)23-18(28)14-29-20-25-24-17(13-26-11-4-5-12-26)27(20)15-7-2-1-3-8-15/h1-3,6-10H,4-5,11-14H2,(H,23,28). The molecular weight excluding hydrogens is 408 g/mol. The van der Waals surface area contributed by atoms with E-state index in [2.05, 4.69) is 25.4 Å². The van der Waals surface area contributed by atoms with Crippen molar-refractivity contribution < 1.29 is 4.79 Å². The van der Waals surface area contributed by atoms with Crippen LogP contribution in [0.5, 0.6) is 0 Å². The highest BCUT2D eigenvalue weighted by molar-refractivity contribution is 7.99. The van der Waals surface area contributed by atoms with Crippen LogP contribution < -0.4 is 5.32 Å². The third-order valence-electron chi connectivity index (χ3n) is 4.64. The molecule has 2 aromatic heterocycles. The SMILES string of the molecule is O=C(CSc1nnc(CN2CCCC2)n1-c1ccccc1)Nc1cccnc1Cl. The van der Waals surface area contributed by atoms with Crippen LogP contribution in [0.3, 0.4) is 0 Å². The van der Waals surface area contributed by atoms with Crippen LogP contribution in [0.1, 0.15) is 18.7 Å². The molecule has 1 aromatic carbocycles. The maximum atomic E-state index is 12.4. The number of benzene rings is 1. The van der Waals surface area contributed by atoms with Crippen molar-refractivity contribution >= 4 is 35.0 Å². The first kappa shape index (κ1) is 19.9. The van der Waals surface area contributed by atoms with Crippen LogP contribution in [-0.2, 0) is 11.3 Å². The zero-order chi connectivity index (χ0) is 20.1. The Morgan fingerprint density at radius 3 is 2.66 bits per heavy atom. The average molecular weight is 429 g/mol. The molecule has 1 aliphatic heterocycles. The number of thioether (sulfide) groups is 1. The van der Waals surface area contributed by atoms with Gasteiger partial charge in [0.25, 0.3) is 0 Å². The van der Waals surface area contributed by atoms with E-state index in [4.69, 9.17) is 11.6 Å². The minimum Gasteiger partial charge on any atom is -0.323 e. The monoisotopic (exact) mass is 428 g/mol. The molecule has 0 radical (unpaired) electrons. The number of anilines is 1. The van der Waals surface area contributed by atoms with Gasteiger partial charge in [0.1, 0.15) is 0 Å². The number of nitrogens with one attached hydrogen (secondary N) is 1. The zero-order valence-electron chi connectivity index (χ0n) is 15.8. The summed E-state index contributed by atoms with van der Waals surface area (Å²) in [6.45, 7) is 2.91. The second kappa shape index (κ2) is 9.39. The molecule has 3 heterocycles. The minimum atomic E-state index is -0.173. The van der Waals surface area contributed by atoms with E-state index in [0.717, 1.165) is 31.1 Å². The lowest BCUT2D eigenvalue weighted by atomic mass is 10.3. The molecule has 9 heteroatoms. The highest BCUT2D eigenvalue weighted by atomic mass is 35.5. The molecule has 0 saturated carbocycles. The van der Waals surface area contributed by atoms with Crippen molar-refractivity contribution in [3.8, 4) is 5.69 Å². The molecule has 4 rings (SSSR count). The Bertz CT molecular complexity index is 974. The van der Waals surface area contributed by atoms with Gasteiger partial charge in [-0.3, -0.25) is 14.3 Å². The number of carbonyl (C=O) groups is 1. The van der Waals surface area contributed by atoms with Gasteiger partial charge in [-0.1, -0.05) is 41.6 Å². The van der Waals surface area contributed by atoms with Gasteiger partial charge < -0.3 is 5.32 Å². The highest BCUT2D eigenvalue weighted by Gasteiger charge is 2.20. The van der Waals surface area contributed by atoms with Crippen molar-refractivity contribution in [3.63, 3.8) is 0 Å². The van der Waals surface area contributed by atoms with Gasteiger partial charge in [0.15, 0.2) is 16.1 Å². The minimum absolute atomic E-state index is 0.173. The average Bonchev–Trinajstić information content (AvgIpc) is 3.39. The molecule has 1 saturated heterocycles. The van der Waals surface area contributed by atoms with E-state index in [1.807, 2.05) is 34.9 Å². The third-order valence-corrected chi connectivity index (χ3v) is 5.87. The summed E-state index contributed by atoms with van der Waals surface area (Å²) in [6.07, 6.45) is 4.02. The van der Waals surface area contributed by atoms with E-state index in [9.17, 15) is 4.79 Å². The number of hydrogen-bond donors (Lipinski definition) is 1. The number of nitrogens with zero attached hydrogens (tertiary/aromatic N) is 5. The van der Waals surface area contributed by atoms with Crippen LogP contribution >= 0.6 is 23.4 Å². The molecule has 1 amide bonds. The summed E-state index contributed by atoms with van der Waals surface area (Å²) in [5.74, 6) is 0.907. The number of carbonyl (C=O) groups excluding carboxylic acids is 1. The maximum Gasteiger partial charge on any atom is 0.234 e. The van der Waals surface area contributed by atoms with Gasteiger partial charge in [-0.15, -0.1) is 10.2 Å². The summed E-state index contributed by atoms with van der Waals surface area (Å²) in [5, 5.41) is 12.5. The molecular formula is C20H21ClN6OS. The lowest BCUT2D eigenvalue weighted by Gasteiger charge is -2.16. The number of para-hydroxylation sites is 1. The number of pyridine rings is 1. The van der Waals surface area contributed by atoms with Crippen molar-refractivity contribution in [3.05, 3.63) is 59.6 Å². The smallest absolute Gasteiger partial charge is 0.234 e. The summed E-state index contributed by atoms with van der Waals surface area (Å²) in [5.41, 5.74) is 1.49. The van der Waals surface area contributed by atoms with Gasteiger partial charge in [0.2, 0.25) is 5.91 Å². The second-order valence-electron chi connectivity index (χ2n) is 6.73. The molecule has 0 aliphatic carbocycles. The molecule has 0 atom stereocenters. The summed E-state index contributed by atoms with van der Waals surface area (Å²) in [7, 11) is 0. The molecule has 29 heavy (non-hydrogen) atoms. The Morgan fingerprint density at radius 2 is 1.90 bits per heavy atom. The molecule has 1 fully saturated rings. The Balaban J connectivity index is 1.50. The summed E-state index contributed by atoms with van der Waals surface area (Å²) < 4.78 is 2.04. The fourth-order valence-corrected chi connectivity index (χ4v) is 4.21. The predicted molar refractivity (Wildman–Crippen MR) is 114 cm³/mol. The molecule has 3 aromatic rings. The summed E-state index contributed by atoms with van der Waals surface area (Å²) >= 11 is 7.36. The van der Waals surface area contributed by atoms with E-state index in [-0.39, 0.29) is 16.8 Å².